The number of carbonyl (C=O) groups is 3. The summed E-state index contributed by atoms with van der Waals surface area (Å²) < 4.78 is 20.8. The molecule has 3 unspecified atom stereocenters. The van der Waals surface area contributed by atoms with E-state index in [4.69, 9.17) is 14.6 Å². The molecule has 16 heteroatoms. The van der Waals surface area contributed by atoms with Gasteiger partial charge in [0.2, 0.25) is 0 Å². The van der Waals surface area contributed by atoms with Crippen molar-refractivity contribution in [1.82, 2.24) is 25.2 Å². The summed E-state index contributed by atoms with van der Waals surface area (Å²) >= 11 is 2.54. The van der Waals surface area contributed by atoms with Crippen LogP contribution in [0.1, 0.15) is 44.5 Å². The number of hydrogen-bond acceptors (Lipinski definition) is 13. The Hall–Kier alpha value is -7.92. The number of nitrogens with zero attached hydrogens (tertiary/aromatic N) is 5. The third-order valence-electron chi connectivity index (χ3n) is 11.8. The summed E-state index contributed by atoms with van der Waals surface area (Å²) in [5.41, 5.74) is 4.36. The zero-order valence-corrected chi connectivity index (χ0v) is 39.2. The number of pyridine rings is 1. The predicted octanol–water partition coefficient (Wildman–Crippen LogP) is 8.58. The zero-order valence-electron chi connectivity index (χ0n) is 36.7. The highest BCUT2D eigenvalue weighted by molar-refractivity contribution is 7.86. The maximum absolute atomic E-state index is 14.8. The summed E-state index contributed by atoms with van der Waals surface area (Å²) in [6.45, 7) is 0. The molecule has 1 fully saturated rings. The zero-order chi connectivity index (χ0) is 47.3. The minimum absolute atomic E-state index is 0.0759. The van der Waals surface area contributed by atoms with E-state index in [-0.39, 0.29) is 22.9 Å². The first kappa shape index (κ1) is 44.9. The number of esters is 1. The van der Waals surface area contributed by atoms with Gasteiger partial charge in [-0.15, -0.1) is 22.7 Å². The fourth-order valence-corrected chi connectivity index (χ4v) is 12.1. The lowest BCUT2D eigenvalue weighted by Gasteiger charge is -2.49. The Morgan fingerprint density at radius 1 is 0.797 bits per heavy atom. The molecule has 0 radical (unpaired) electrons. The van der Waals surface area contributed by atoms with E-state index < -0.39 is 51.6 Å². The Kier molecular flexibility index (Phi) is 12.8. The van der Waals surface area contributed by atoms with Crippen molar-refractivity contribution < 1.29 is 28.2 Å². The summed E-state index contributed by atoms with van der Waals surface area (Å²) in [7, 11) is -0.507. The van der Waals surface area contributed by atoms with Crippen LogP contribution < -0.4 is 10.6 Å². The van der Waals surface area contributed by atoms with Gasteiger partial charge in [-0.25, -0.2) is 14.8 Å². The molecule has 0 spiro atoms. The van der Waals surface area contributed by atoms with Crippen LogP contribution in [0, 0.1) is 0 Å². The van der Waals surface area contributed by atoms with E-state index in [0.29, 0.717) is 31.7 Å². The molecule has 13 nitrogen and oxygen atoms in total. The first-order valence-corrected chi connectivity index (χ1v) is 24.9. The molecule has 5 aromatic carbocycles. The third kappa shape index (κ3) is 8.76. The number of fused-ring (bicyclic) bond motifs is 1. The van der Waals surface area contributed by atoms with Crippen molar-refractivity contribution in [2.75, 3.05) is 18.2 Å². The third-order valence-corrected chi connectivity index (χ3v) is 15.3. The van der Waals surface area contributed by atoms with Gasteiger partial charge in [-0.3, -0.25) is 23.7 Å². The van der Waals surface area contributed by atoms with Crippen LogP contribution in [0.15, 0.2) is 199 Å². The van der Waals surface area contributed by atoms with Crippen LogP contribution in [-0.2, 0) is 40.3 Å². The molecule has 342 valence electrons. The maximum Gasteiger partial charge on any atom is 0.356 e. The summed E-state index contributed by atoms with van der Waals surface area (Å²) in [5, 5.41) is 12.2. The Morgan fingerprint density at radius 3 is 1.93 bits per heavy atom. The fraction of sp³-hybridized carbons (Fsp3) is 0.113. The van der Waals surface area contributed by atoms with E-state index in [1.165, 1.54) is 34.7 Å². The molecule has 2 N–H and O–H groups in total. The lowest BCUT2D eigenvalue weighted by Crippen LogP contribution is -2.74. The Balaban J connectivity index is 0.961. The number of carbonyl (C=O) groups excluding carboxylic acids is 3. The Bertz CT molecular complexity index is 3070. The Labute approximate surface area is 407 Å². The Morgan fingerprint density at radius 2 is 1.38 bits per heavy atom. The SMILES string of the molecule is CO/N=C(/C(=O)NC1C(=O)N2C(C(=O)OC(c3ccccc3)c3ccccc3)=C(c3cnc(-c4cccnc4)s3)CS(=O)C12)c1csc(NC(c2ccccc2)(c2ccccc2)c2ccccc2)n1. The topological polar surface area (TPSA) is 165 Å². The highest BCUT2D eigenvalue weighted by Crippen LogP contribution is 2.43. The quantitative estimate of drug-likeness (QED) is 0.0334. The second-order valence-corrected chi connectivity index (χ2v) is 19.3. The number of nitrogens with one attached hydrogen (secondary N) is 2. The number of ether oxygens (including phenoxy) is 1. The standard InChI is InChI=1S/C53H41N7O6S3/c1-65-59-43(41-32-67-52(56-41)58-53(37-23-11-4-12-24-37,38-25-13-5-14-26-38)39-27-15-6-16-28-39)47(61)57-44-49(62)60-45(51(63)66-46(34-18-7-2-8-19-34)35-20-9-3-10-21-35)40(33-69(64)50(44)60)42-31-55-48(68-42)36-22-17-29-54-30-36/h2-32,44,46,50H,33H2,1H3,(H,56,58)(H,57,61)/b59-43+. The normalized spacial score (nSPS) is 16.9. The van der Waals surface area contributed by atoms with E-state index in [1.54, 1.807) is 30.0 Å². The van der Waals surface area contributed by atoms with E-state index >= 15 is 0 Å². The molecule has 2 amide bonds. The molecule has 2 aliphatic rings. The average molecular weight is 968 g/mol. The van der Waals surface area contributed by atoms with Gasteiger partial charge in [0.1, 0.15) is 40.5 Å². The van der Waals surface area contributed by atoms with Crippen LogP contribution in [-0.4, -0.2) is 71.8 Å². The number of benzene rings is 5. The van der Waals surface area contributed by atoms with Crippen LogP contribution in [0.3, 0.4) is 0 Å². The largest absolute Gasteiger partial charge is 0.448 e. The predicted molar refractivity (Wildman–Crippen MR) is 267 cm³/mol. The summed E-state index contributed by atoms with van der Waals surface area (Å²) in [6.07, 6.45) is 4.08. The molecule has 10 rings (SSSR count). The van der Waals surface area contributed by atoms with Gasteiger partial charge in [0.05, 0.1) is 21.4 Å². The second-order valence-electron chi connectivity index (χ2n) is 15.9. The first-order chi connectivity index (χ1) is 33.8. The van der Waals surface area contributed by atoms with Gasteiger partial charge in [-0.05, 0) is 39.9 Å². The monoisotopic (exact) mass is 967 g/mol. The molecule has 8 aromatic rings. The van der Waals surface area contributed by atoms with Crippen molar-refractivity contribution >= 4 is 67.7 Å². The van der Waals surface area contributed by atoms with Gasteiger partial charge in [-0.2, -0.15) is 0 Å². The van der Waals surface area contributed by atoms with E-state index in [0.717, 1.165) is 22.3 Å². The summed E-state index contributed by atoms with van der Waals surface area (Å²) in [5.74, 6) is -2.39. The number of rotatable bonds is 15. The van der Waals surface area contributed by atoms with Crippen molar-refractivity contribution in [3.8, 4) is 10.6 Å². The minimum atomic E-state index is -1.81. The fourth-order valence-electron chi connectivity index (χ4n) is 8.62. The molecular weight excluding hydrogens is 927 g/mol. The van der Waals surface area contributed by atoms with E-state index in [1.807, 2.05) is 158 Å². The van der Waals surface area contributed by atoms with Gasteiger partial charge in [0.15, 0.2) is 16.9 Å². The number of thiazole rings is 2. The van der Waals surface area contributed by atoms with Crippen LogP contribution in [0.4, 0.5) is 5.13 Å². The highest BCUT2D eigenvalue weighted by atomic mass is 32.2. The molecule has 5 heterocycles. The van der Waals surface area contributed by atoms with E-state index in [2.05, 4.69) is 25.8 Å². The van der Waals surface area contributed by atoms with Crippen LogP contribution in [0.5, 0.6) is 0 Å². The molecule has 3 aromatic heterocycles. The molecule has 2 aliphatic heterocycles. The number of anilines is 1. The molecular formula is C53H41N7O6S3. The van der Waals surface area contributed by atoms with Crippen molar-refractivity contribution in [1.29, 1.82) is 0 Å². The first-order valence-electron chi connectivity index (χ1n) is 21.8. The minimum Gasteiger partial charge on any atom is -0.448 e. The van der Waals surface area contributed by atoms with Crippen LogP contribution >= 0.6 is 22.7 Å². The van der Waals surface area contributed by atoms with Crippen LogP contribution in [0.2, 0.25) is 0 Å². The highest BCUT2D eigenvalue weighted by Gasteiger charge is 2.58. The number of β-lactam (4-membered cyclic amide) rings is 1. The summed E-state index contributed by atoms with van der Waals surface area (Å²) in [6, 6.07) is 51.0. The number of aromatic nitrogens is 3. The van der Waals surface area contributed by atoms with Crippen LogP contribution in [0.25, 0.3) is 16.1 Å². The second kappa shape index (κ2) is 19.7. The average Bonchev–Trinajstić information content (AvgIpc) is 4.10. The molecule has 3 atom stereocenters. The van der Waals surface area contributed by atoms with Gasteiger partial charge in [0, 0.05) is 35.1 Å². The lowest BCUT2D eigenvalue weighted by atomic mass is 9.77. The van der Waals surface area contributed by atoms with Crippen molar-refractivity contribution in [2.24, 2.45) is 5.16 Å². The molecule has 1 saturated heterocycles. The van der Waals surface area contributed by atoms with Gasteiger partial charge in [0.25, 0.3) is 11.8 Å². The smallest absolute Gasteiger partial charge is 0.356 e. The molecule has 0 bridgehead atoms. The van der Waals surface area contributed by atoms with Gasteiger partial charge < -0.3 is 20.2 Å². The lowest BCUT2D eigenvalue weighted by molar-refractivity contribution is -0.154. The number of amides is 2. The van der Waals surface area contributed by atoms with E-state index in [9.17, 15) is 18.6 Å². The molecule has 0 aliphatic carbocycles. The molecule has 69 heavy (non-hydrogen) atoms. The molecule has 0 saturated carbocycles. The van der Waals surface area contributed by atoms with Crippen molar-refractivity contribution in [3.63, 3.8) is 0 Å². The number of hydrogen-bond donors (Lipinski definition) is 2. The summed E-state index contributed by atoms with van der Waals surface area (Å²) in [4.78, 5) is 64.3. The van der Waals surface area contributed by atoms with Crippen molar-refractivity contribution in [2.45, 2.75) is 23.1 Å². The van der Waals surface area contributed by atoms with Crippen molar-refractivity contribution in [3.05, 3.63) is 232 Å². The van der Waals surface area contributed by atoms with Gasteiger partial charge >= 0.3 is 5.97 Å². The maximum atomic E-state index is 14.8. The van der Waals surface area contributed by atoms with Gasteiger partial charge in [-0.1, -0.05) is 157 Å². The number of oxime groups is 1.